The minimum absolute atomic E-state index is 0.373. The Morgan fingerprint density at radius 2 is 1.23 bits per heavy atom. The van der Waals surface area contributed by atoms with Gasteiger partial charge in [-0.1, -0.05) is 83.3 Å². The molecule has 0 amide bonds. The molecule has 0 radical (unpaired) electrons. The minimum Gasteiger partial charge on any atom is -0.324 e. The molecule has 1 atom stereocenters. The van der Waals surface area contributed by atoms with Crippen LogP contribution in [0.2, 0.25) is 0 Å². The Labute approximate surface area is 193 Å². The van der Waals surface area contributed by atoms with Crippen molar-refractivity contribution in [1.82, 2.24) is 0 Å². The second-order valence-corrected chi connectivity index (χ2v) is 10.6. The molecule has 1 unspecified atom stereocenters. The van der Waals surface area contributed by atoms with E-state index < -0.39 is 7.82 Å². The lowest BCUT2D eigenvalue weighted by molar-refractivity contribution is -0.908. The molecule has 0 saturated carbocycles. The summed E-state index contributed by atoms with van der Waals surface area (Å²) in [6.45, 7) is 9.02. The van der Waals surface area contributed by atoms with Gasteiger partial charge in [0.25, 0.3) is 0 Å². The molecule has 0 aromatic rings. The number of phosphoric acid groups is 1. The zero-order valence-corrected chi connectivity index (χ0v) is 22.0. The summed E-state index contributed by atoms with van der Waals surface area (Å²) >= 11 is 0. The van der Waals surface area contributed by atoms with Crippen LogP contribution in [0.1, 0.15) is 117 Å². The molecule has 186 valence electrons. The Morgan fingerprint density at radius 1 is 0.774 bits per heavy atom. The number of phosphoric ester groups is 1. The van der Waals surface area contributed by atoms with Crippen molar-refractivity contribution in [3.63, 3.8) is 0 Å². The molecule has 5 nitrogen and oxygen atoms in total. The first kappa shape index (κ1) is 30.8. The van der Waals surface area contributed by atoms with Crippen LogP contribution in [-0.4, -0.2) is 47.1 Å². The van der Waals surface area contributed by atoms with Crippen molar-refractivity contribution in [2.24, 2.45) is 0 Å². The lowest BCUT2D eigenvalue weighted by Crippen LogP contribution is -2.48. The zero-order chi connectivity index (χ0) is 23.4. The van der Waals surface area contributed by atoms with Gasteiger partial charge in [-0.2, -0.15) is 0 Å². The van der Waals surface area contributed by atoms with Gasteiger partial charge in [-0.15, -0.1) is 0 Å². The fraction of sp³-hybridized carbons (Fsp3) is 0.920. The van der Waals surface area contributed by atoms with Crippen LogP contribution in [0, 0.1) is 0 Å². The highest BCUT2D eigenvalue weighted by Gasteiger charge is 2.29. The quantitative estimate of drug-likeness (QED) is 0.0762. The smallest absolute Gasteiger partial charge is 0.324 e. The molecule has 0 aromatic carbocycles. The molecule has 0 aliphatic heterocycles. The van der Waals surface area contributed by atoms with Gasteiger partial charge in [0.05, 0.1) is 20.1 Å². The molecule has 6 heteroatoms. The average Bonchev–Trinajstić information content (AvgIpc) is 2.72. The highest BCUT2D eigenvalue weighted by molar-refractivity contribution is 7.46. The summed E-state index contributed by atoms with van der Waals surface area (Å²) in [5.41, 5.74) is 0. The Kier molecular flexibility index (Phi) is 19.2. The summed E-state index contributed by atoms with van der Waals surface area (Å²) in [6.07, 6.45) is 22.7. The third kappa shape index (κ3) is 20.2. The molecule has 0 heterocycles. The third-order valence-electron chi connectivity index (χ3n) is 6.50. The number of quaternary nitrogens is 1. The summed E-state index contributed by atoms with van der Waals surface area (Å²) < 4.78 is 17.2. The third-order valence-corrected chi connectivity index (χ3v) is 7.07. The maximum Gasteiger partial charge on any atom is 0.470 e. The molecular formula is C25H53NO4P+. The molecule has 31 heavy (non-hydrogen) atoms. The summed E-state index contributed by atoms with van der Waals surface area (Å²) in [5, 5.41) is 0. The number of unbranched alkanes of at least 4 members (excludes halogenated alkanes) is 12. The fourth-order valence-electron chi connectivity index (χ4n) is 3.96. The standard InChI is InChI=1S/C25H52NO4P/c1-5-8-9-10-11-12-13-14-15-16-17-18-19-20-21-22-23-25(30-31(27,28)29)24-26(4,6-2)7-3/h14-15,25H,5-13,16-24H2,1-4H3,(H-,27,28,29)/p+1. The maximum absolute atomic E-state index is 11.3. The summed E-state index contributed by atoms with van der Waals surface area (Å²) in [4.78, 5) is 18.5. The molecule has 0 bridgehead atoms. The van der Waals surface area contributed by atoms with E-state index in [0.717, 1.165) is 36.8 Å². The lowest BCUT2D eigenvalue weighted by Gasteiger charge is -2.35. The molecule has 0 aromatic heterocycles. The molecule has 0 fully saturated rings. The van der Waals surface area contributed by atoms with Gasteiger partial charge in [0.15, 0.2) is 0 Å². The number of hydrogen-bond acceptors (Lipinski definition) is 2. The second kappa shape index (κ2) is 19.3. The first-order chi connectivity index (χ1) is 14.8. The van der Waals surface area contributed by atoms with Gasteiger partial charge in [0.1, 0.15) is 12.6 Å². The van der Waals surface area contributed by atoms with E-state index in [1.807, 2.05) is 0 Å². The summed E-state index contributed by atoms with van der Waals surface area (Å²) in [5.74, 6) is 0. The Bertz CT molecular complexity index is 474. The number of rotatable bonds is 22. The normalized spacial score (nSPS) is 13.9. The number of hydrogen-bond donors (Lipinski definition) is 2. The van der Waals surface area contributed by atoms with E-state index >= 15 is 0 Å². The number of likely N-dealkylation sites (N-methyl/N-ethyl adjacent to an activating group) is 1. The van der Waals surface area contributed by atoms with Gasteiger partial charge in [-0.3, -0.25) is 4.52 Å². The Hall–Kier alpha value is -0.190. The van der Waals surface area contributed by atoms with Crippen LogP contribution in [0.5, 0.6) is 0 Å². The van der Waals surface area contributed by atoms with E-state index in [4.69, 9.17) is 4.52 Å². The van der Waals surface area contributed by atoms with Crippen LogP contribution >= 0.6 is 7.82 Å². The first-order valence-corrected chi connectivity index (χ1v) is 14.5. The highest BCUT2D eigenvalue weighted by atomic mass is 31.2. The topological polar surface area (TPSA) is 66.8 Å². The van der Waals surface area contributed by atoms with Crippen LogP contribution in [0.3, 0.4) is 0 Å². The van der Waals surface area contributed by atoms with E-state index in [0.29, 0.717) is 6.54 Å². The van der Waals surface area contributed by atoms with E-state index in [1.165, 1.54) is 77.0 Å². The van der Waals surface area contributed by atoms with Crippen molar-refractivity contribution in [2.45, 2.75) is 123 Å². The summed E-state index contributed by atoms with van der Waals surface area (Å²) in [7, 11) is -2.31. The summed E-state index contributed by atoms with van der Waals surface area (Å²) in [6, 6.07) is 0. The maximum atomic E-state index is 11.3. The number of allylic oxidation sites excluding steroid dienone is 2. The van der Waals surface area contributed by atoms with Gasteiger partial charge < -0.3 is 14.3 Å². The zero-order valence-electron chi connectivity index (χ0n) is 21.1. The van der Waals surface area contributed by atoms with Crippen LogP contribution < -0.4 is 0 Å². The average molecular weight is 463 g/mol. The van der Waals surface area contributed by atoms with Crippen molar-refractivity contribution in [1.29, 1.82) is 0 Å². The van der Waals surface area contributed by atoms with Gasteiger partial charge in [0, 0.05) is 0 Å². The van der Waals surface area contributed by atoms with Crippen LogP contribution in [0.15, 0.2) is 12.2 Å². The van der Waals surface area contributed by atoms with Crippen molar-refractivity contribution in [2.75, 3.05) is 26.7 Å². The largest absolute Gasteiger partial charge is 0.470 e. The molecule has 0 aliphatic carbocycles. The minimum atomic E-state index is -4.44. The molecule has 0 spiro atoms. The lowest BCUT2D eigenvalue weighted by atomic mass is 10.1. The van der Waals surface area contributed by atoms with E-state index in [9.17, 15) is 14.4 Å². The van der Waals surface area contributed by atoms with Crippen molar-refractivity contribution >= 4 is 7.82 Å². The number of nitrogens with zero attached hydrogens (tertiary/aromatic N) is 1. The monoisotopic (exact) mass is 462 g/mol. The molecular weight excluding hydrogens is 409 g/mol. The van der Waals surface area contributed by atoms with Crippen LogP contribution in [-0.2, 0) is 9.09 Å². The predicted octanol–water partition coefficient (Wildman–Crippen LogP) is 7.38. The van der Waals surface area contributed by atoms with E-state index in [1.54, 1.807) is 0 Å². The van der Waals surface area contributed by atoms with E-state index in [2.05, 4.69) is 40.0 Å². The molecule has 2 N–H and O–H groups in total. The molecule has 0 saturated heterocycles. The van der Waals surface area contributed by atoms with Crippen molar-refractivity contribution in [3.8, 4) is 0 Å². The highest BCUT2D eigenvalue weighted by Crippen LogP contribution is 2.39. The molecule has 0 aliphatic rings. The van der Waals surface area contributed by atoms with Gasteiger partial charge in [-0.25, -0.2) is 4.57 Å². The van der Waals surface area contributed by atoms with Crippen LogP contribution in [0.25, 0.3) is 0 Å². The molecule has 0 rings (SSSR count). The van der Waals surface area contributed by atoms with Gasteiger partial charge >= 0.3 is 7.82 Å². The van der Waals surface area contributed by atoms with Crippen molar-refractivity contribution in [3.05, 3.63) is 12.2 Å². The van der Waals surface area contributed by atoms with Gasteiger partial charge in [0.2, 0.25) is 0 Å². The van der Waals surface area contributed by atoms with Gasteiger partial charge in [-0.05, 0) is 46.0 Å². The van der Waals surface area contributed by atoms with E-state index in [-0.39, 0.29) is 6.10 Å². The Morgan fingerprint density at radius 3 is 1.68 bits per heavy atom. The fourth-order valence-corrected chi connectivity index (χ4v) is 4.52. The Balaban J connectivity index is 3.79. The first-order valence-electron chi connectivity index (χ1n) is 13.0. The van der Waals surface area contributed by atoms with Crippen LogP contribution in [0.4, 0.5) is 0 Å². The predicted molar refractivity (Wildman–Crippen MR) is 133 cm³/mol. The van der Waals surface area contributed by atoms with Crippen molar-refractivity contribution < 1.29 is 23.4 Å². The second-order valence-electron chi connectivity index (χ2n) is 9.38. The SMILES string of the molecule is CCCCCCCCC=CCCCCCCCCC(C[N+](C)(CC)CC)OP(=O)(O)O.